The van der Waals surface area contributed by atoms with Crippen LogP contribution < -0.4 is 4.74 Å². The second-order valence-corrected chi connectivity index (χ2v) is 7.35. The molecule has 0 saturated heterocycles. The Bertz CT molecular complexity index is 961. The van der Waals surface area contributed by atoms with E-state index in [0.29, 0.717) is 21.2 Å². The summed E-state index contributed by atoms with van der Waals surface area (Å²) in [6, 6.07) is 17.5. The molecule has 0 aliphatic carbocycles. The number of aromatic nitrogens is 1. The maximum absolute atomic E-state index is 10.7. The summed E-state index contributed by atoms with van der Waals surface area (Å²) in [4.78, 5) is 5.11. The second kappa shape index (κ2) is 8.29. The van der Waals surface area contributed by atoms with Crippen molar-refractivity contribution in [3.05, 3.63) is 69.0 Å². The van der Waals surface area contributed by atoms with E-state index in [0.717, 1.165) is 11.3 Å². The Labute approximate surface area is 162 Å². The molecule has 134 valence electrons. The number of hydrogen-bond donors (Lipinski definition) is 1. The van der Waals surface area contributed by atoms with Crippen molar-refractivity contribution >= 4 is 35.5 Å². The second-order valence-electron chi connectivity index (χ2n) is 5.67. The molecule has 1 aromatic heterocycles. The van der Waals surface area contributed by atoms with E-state index in [4.69, 9.17) is 17.0 Å². The summed E-state index contributed by atoms with van der Waals surface area (Å²) in [5.74, 6) is 0.848. The Morgan fingerprint density at radius 1 is 1.19 bits per heavy atom. The van der Waals surface area contributed by atoms with Crippen molar-refractivity contribution in [2.75, 3.05) is 6.61 Å². The fourth-order valence-electron chi connectivity index (χ4n) is 2.67. The van der Waals surface area contributed by atoms with Crippen LogP contribution in [0.1, 0.15) is 30.3 Å². The lowest BCUT2D eigenvalue weighted by Gasteiger charge is -2.14. The summed E-state index contributed by atoms with van der Waals surface area (Å²) in [6.07, 6.45) is 1.64. The average Bonchev–Trinajstić information content (AvgIpc) is 2.95. The Balaban J connectivity index is 1.93. The number of nitrogens with zero attached hydrogens (tertiary/aromatic N) is 2. The summed E-state index contributed by atoms with van der Waals surface area (Å²) in [7, 11) is 0. The molecule has 0 aliphatic heterocycles. The fourth-order valence-corrected chi connectivity index (χ4v) is 4.01. The highest BCUT2D eigenvalue weighted by Gasteiger charge is 2.17. The molecule has 3 rings (SSSR count). The standard InChI is InChI=1S/C20H20N2O2S2/c1-3-24-17-12-8-7-11-16(17)21-13-18-19(23)22(20(25)26-18)14(2)15-9-5-4-6-10-15/h4-14,23H,3H2,1-2H3/t14-/m1/s1. The van der Waals surface area contributed by atoms with Crippen LogP contribution in [0.4, 0.5) is 5.69 Å². The number of ether oxygens (including phenoxy) is 1. The van der Waals surface area contributed by atoms with Crippen LogP contribution >= 0.6 is 23.6 Å². The van der Waals surface area contributed by atoms with Crippen LogP contribution in [-0.4, -0.2) is 22.5 Å². The van der Waals surface area contributed by atoms with E-state index in [2.05, 4.69) is 4.99 Å². The maximum atomic E-state index is 10.7. The minimum absolute atomic E-state index is 0.0576. The van der Waals surface area contributed by atoms with Crippen LogP contribution in [0.3, 0.4) is 0 Å². The predicted molar refractivity (Wildman–Crippen MR) is 110 cm³/mol. The van der Waals surface area contributed by atoms with E-state index < -0.39 is 0 Å². The van der Waals surface area contributed by atoms with E-state index in [1.165, 1.54) is 11.3 Å². The van der Waals surface area contributed by atoms with Gasteiger partial charge in [0.1, 0.15) is 16.3 Å². The molecule has 0 unspecified atom stereocenters. The summed E-state index contributed by atoms with van der Waals surface area (Å²) in [5, 5.41) is 10.7. The SMILES string of the molecule is CCOc1ccccc1N=Cc1sc(=S)n([C@H](C)c2ccccc2)c1O. The van der Waals surface area contributed by atoms with Crippen molar-refractivity contribution in [1.82, 2.24) is 4.57 Å². The Hall–Kier alpha value is -2.44. The van der Waals surface area contributed by atoms with Gasteiger partial charge in [0.25, 0.3) is 0 Å². The molecule has 4 nitrogen and oxygen atoms in total. The Morgan fingerprint density at radius 2 is 1.88 bits per heavy atom. The third-order valence-electron chi connectivity index (χ3n) is 4.00. The van der Waals surface area contributed by atoms with Gasteiger partial charge in [-0.05, 0) is 43.8 Å². The van der Waals surface area contributed by atoms with Gasteiger partial charge >= 0.3 is 0 Å². The number of para-hydroxylation sites is 2. The lowest BCUT2D eigenvalue weighted by atomic mass is 10.1. The molecule has 0 fully saturated rings. The minimum Gasteiger partial charge on any atom is -0.493 e. The summed E-state index contributed by atoms with van der Waals surface area (Å²) in [6.45, 7) is 4.52. The van der Waals surface area contributed by atoms with Gasteiger partial charge in [-0.2, -0.15) is 0 Å². The van der Waals surface area contributed by atoms with Gasteiger partial charge < -0.3 is 9.84 Å². The zero-order valence-electron chi connectivity index (χ0n) is 14.6. The predicted octanol–water partition coefficient (Wildman–Crippen LogP) is 5.74. The van der Waals surface area contributed by atoms with Gasteiger partial charge in [-0.25, -0.2) is 0 Å². The molecule has 6 heteroatoms. The zero-order chi connectivity index (χ0) is 18.5. The van der Waals surface area contributed by atoms with E-state index >= 15 is 0 Å². The number of aromatic hydroxyl groups is 1. The topological polar surface area (TPSA) is 46.8 Å². The van der Waals surface area contributed by atoms with Crippen molar-refractivity contribution < 1.29 is 9.84 Å². The van der Waals surface area contributed by atoms with Crippen LogP contribution in [0.25, 0.3) is 0 Å². The molecule has 0 saturated carbocycles. The van der Waals surface area contributed by atoms with Gasteiger partial charge in [0, 0.05) is 0 Å². The molecule has 26 heavy (non-hydrogen) atoms. The van der Waals surface area contributed by atoms with Crippen LogP contribution in [-0.2, 0) is 0 Å². The molecule has 1 N–H and O–H groups in total. The van der Waals surface area contributed by atoms with Gasteiger partial charge in [0.15, 0.2) is 3.95 Å². The van der Waals surface area contributed by atoms with Crippen LogP contribution in [0, 0.1) is 3.95 Å². The highest BCUT2D eigenvalue weighted by molar-refractivity contribution is 7.73. The van der Waals surface area contributed by atoms with Crippen molar-refractivity contribution in [3.8, 4) is 11.6 Å². The molecule has 0 aliphatic rings. The monoisotopic (exact) mass is 384 g/mol. The lowest BCUT2D eigenvalue weighted by molar-refractivity contribution is 0.341. The molecule has 1 atom stereocenters. The third kappa shape index (κ3) is 3.86. The van der Waals surface area contributed by atoms with E-state index in [1.807, 2.05) is 68.4 Å². The Kier molecular flexibility index (Phi) is 5.85. The number of hydrogen-bond acceptors (Lipinski definition) is 5. The van der Waals surface area contributed by atoms with E-state index in [-0.39, 0.29) is 11.9 Å². The normalized spacial score (nSPS) is 12.4. The fraction of sp³-hybridized carbons (Fsp3) is 0.200. The van der Waals surface area contributed by atoms with Gasteiger partial charge in [-0.3, -0.25) is 9.56 Å². The van der Waals surface area contributed by atoms with Crippen molar-refractivity contribution in [2.24, 2.45) is 4.99 Å². The summed E-state index contributed by atoms with van der Waals surface area (Å²) < 4.78 is 7.95. The van der Waals surface area contributed by atoms with Crippen LogP contribution in [0.2, 0.25) is 0 Å². The van der Waals surface area contributed by atoms with Crippen molar-refractivity contribution in [1.29, 1.82) is 0 Å². The largest absolute Gasteiger partial charge is 0.493 e. The first-order chi connectivity index (χ1) is 12.6. The van der Waals surface area contributed by atoms with Crippen LogP contribution in [0.15, 0.2) is 59.6 Å². The number of rotatable bonds is 6. The smallest absolute Gasteiger partial charge is 0.212 e. The molecule has 3 aromatic rings. The number of benzene rings is 2. The maximum Gasteiger partial charge on any atom is 0.212 e. The van der Waals surface area contributed by atoms with Gasteiger partial charge in [0.2, 0.25) is 5.88 Å². The molecular formula is C20H20N2O2S2. The molecule has 0 bridgehead atoms. The van der Waals surface area contributed by atoms with E-state index in [9.17, 15) is 5.11 Å². The summed E-state index contributed by atoms with van der Waals surface area (Å²) in [5.41, 5.74) is 1.80. The highest BCUT2D eigenvalue weighted by Crippen LogP contribution is 2.32. The third-order valence-corrected chi connectivity index (χ3v) is 5.32. The lowest BCUT2D eigenvalue weighted by Crippen LogP contribution is -2.06. The van der Waals surface area contributed by atoms with Crippen molar-refractivity contribution in [2.45, 2.75) is 19.9 Å². The van der Waals surface area contributed by atoms with Crippen LogP contribution in [0.5, 0.6) is 11.6 Å². The number of thiazole rings is 1. The average molecular weight is 385 g/mol. The molecule has 1 heterocycles. The first-order valence-corrected chi connectivity index (χ1v) is 9.59. The minimum atomic E-state index is -0.0576. The first-order valence-electron chi connectivity index (χ1n) is 8.37. The quantitative estimate of drug-likeness (QED) is 0.435. The van der Waals surface area contributed by atoms with Gasteiger partial charge in [-0.15, -0.1) is 0 Å². The first kappa shape index (κ1) is 18.4. The number of aliphatic imine (C=N–C) groups is 1. The molecule has 0 amide bonds. The van der Waals surface area contributed by atoms with Crippen molar-refractivity contribution in [3.63, 3.8) is 0 Å². The molecule has 2 aromatic carbocycles. The summed E-state index contributed by atoms with van der Waals surface area (Å²) >= 11 is 6.81. The van der Waals surface area contributed by atoms with Gasteiger partial charge in [0.05, 0.1) is 18.9 Å². The van der Waals surface area contributed by atoms with Gasteiger partial charge in [-0.1, -0.05) is 53.8 Å². The zero-order valence-corrected chi connectivity index (χ0v) is 16.3. The van der Waals surface area contributed by atoms with E-state index in [1.54, 1.807) is 10.8 Å². The molecular weight excluding hydrogens is 364 g/mol. The highest BCUT2D eigenvalue weighted by atomic mass is 32.1. The molecule has 0 spiro atoms. The molecule has 0 radical (unpaired) electrons. The Morgan fingerprint density at radius 3 is 2.62 bits per heavy atom.